The number of fused-ring (bicyclic) bond motifs is 1. The minimum Gasteiger partial charge on any atom is -0.349 e. The summed E-state index contributed by atoms with van der Waals surface area (Å²) in [6, 6.07) is 4.59. The number of aromatic nitrogens is 2. The molecule has 2 aromatic rings. The molecule has 1 aromatic carbocycles. The topological polar surface area (TPSA) is 64.3 Å². The quantitative estimate of drug-likeness (QED) is 0.832. The van der Waals surface area contributed by atoms with Crippen molar-refractivity contribution in [2.75, 3.05) is 33.2 Å². The molecule has 0 unspecified atom stereocenters. The molecular weight excluding hydrogens is 326 g/mol. The second kappa shape index (κ2) is 8.18. The second-order valence-corrected chi connectivity index (χ2v) is 7.59. The Hall–Kier alpha value is -1.92. The number of carbonyl (C=O) groups excluding carboxylic acids is 1. The van der Waals surface area contributed by atoms with Crippen LogP contribution in [0.15, 0.2) is 12.1 Å². The number of imidazole rings is 1. The van der Waals surface area contributed by atoms with Gasteiger partial charge in [-0.15, -0.1) is 0 Å². The molecule has 1 amide bonds. The van der Waals surface area contributed by atoms with E-state index in [2.05, 4.69) is 59.0 Å². The molecule has 26 heavy (non-hydrogen) atoms. The Labute approximate surface area is 156 Å². The Balaban J connectivity index is 1.46. The molecule has 0 aliphatic carbocycles. The number of hydrogen-bond acceptors (Lipinski definition) is 4. The van der Waals surface area contributed by atoms with Crippen LogP contribution in [0.1, 0.15) is 36.7 Å². The van der Waals surface area contributed by atoms with E-state index in [0.29, 0.717) is 19.0 Å². The summed E-state index contributed by atoms with van der Waals surface area (Å²) in [7, 11) is 2.16. The molecule has 1 atom stereocenters. The minimum absolute atomic E-state index is 0.0966. The van der Waals surface area contributed by atoms with E-state index >= 15 is 0 Å². The summed E-state index contributed by atoms with van der Waals surface area (Å²) in [5, 5.41) is 3.00. The van der Waals surface area contributed by atoms with Crippen LogP contribution < -0.4 is 5.32 Å². The van der Waals surface area contributed by atoms with Crippen LogP contribution in [0.25, 0.3) is 11.0 Å². The molecule has 1 aliphatic rings. The van der Waals surface area contributed by atoms with Gasteiger partial charge in [-0.25, -0.2) is 4.98 Å². The SMILES string of the molecule is Cc1ccc2[nH]c(CNC(=O)CC[C@@H](C)N3CCN(C)CC3)nc2c1C. The van der Waals surface area contributed by atoms with Crippen LogP contribution in [-0.2, 0) is 11.3 Å². The van der Waals surface area contributed by atoms with E-state index in [4.69, 9.17) is 0 Å². The van der Waals surface area contributed by atoms with Gasteiger partial charge in [-0.2, -0.15) is 0 Å². The zero-order chi connectivity index (χ0) is 18.7. The Morgan fingerprint density at radius 1 is 1.27 bits per heavy atom. The van der Waals surface area contributed by atoms with Gasteiger partial charge in [0.2, 0.25) is 5.91 Å². The van der Waals surface area contributed by atoms with E-state index in [9.17, 15) is 4.79 Å². The lowest BCUT2D eigenvalue weighted by molar-refractivity contribution is -0.121. The van der Waals surface area contributed by atoms with Gasteiger partial charge in [0, 0.05) is 38.6 Å². The summed E-state index contributed by atoms with van der Waals surface area (Å²) in [4.78, 5) is 25.0. The number of carbonyl (C=O) groups is 1. The summed E-state index contributed by atoms with van der Waals surface area (Å²) < 4.78 is 0. The third-order valence-corrected chi connectivity index (χ3v) is 5.63. The van der Waals surface area contributed by atoms with E-state index in [1.807, 2.05) is 6.07 Å². The Kier molecular flexibility index (Phi) is 5.94. The maximum Gasteiger partial charge on any atom is 0.220 e. The molecule has 0 saturated carbocycles. The second-order valence-electron chi connectivity index (χ2n) is 7.59. The molecule has 1 saturated heterocycles. The average Bonchev–Trinajstić information content (AvgIpc) is 3.05. The Morgan fingerprint density at radius 3 is 2.73 bits per heavy atom. The van der Waals surface area contributed by atoms with E-state index in [1.54, 1.807) is 0 Å². The van der Waals surface area contributed by atoms with Gasteiger partial charge in [-0.1, -0.05) is 6.07 Å². The van der Waals surface area contributed by atoms with Crippen molar-refractivity contribution in [3.05, 3.63) is 29.1 Å². The molecule has 2 N–H and O–H groups in total. The smallest absolute Gasteiger partial charge is 0.220 e. The highest BCUT2D eigenvalue weighted by Crippen LogP contribution is 2.19. The van der Waals surface area contributed by atoms with Crippen LogP contribution in [0.4, 0.5) is 0 Å². The number of amides is 1. The minimum atomic E-state index is 0.0966. The molecule has 142 valence electrons. The standard InChI is InChI=1S/C20H31N5O/c1-14-5-7-17-20(16(14)3)23-18(22-17)13-21-19(26)8-6-15(2)25-11-9-24(4)10-12-25/h5,7,15H,6,8-13H2,1-4H3,(H,21,26)(H,22,23)/t15-/m1/s1. The highest BCUT2D eigenvalue weighted by atomic mass is 16.1. The van der Waals surface area contributed by atoms with E-state index in [-0.39, 0.29) is 5.91 Å². The van der Waals surface area contributed by atoms with Gasteiger partial charge in [0.05, 0.1) is 17.6 Å². The maximum absolute atomic E-state index is 12.2. The van der Waals surface area contributed by atoms with Crippen molar-refractivity contribution in [3.8, 4) is 0 Å². The number of aromatic amines is 1. The van der Waals surface area contributed by atoms with Gasteiger partial charge in [-0.05, 0) is 51.4 Å². The molecule has 6 nitrogen and oxygen atoms in total. The predicted molar refractivity (Wildman–Crippen MR) is 105 cm³/mol. The van der Waals surface area contributed by atoms with Crippen LogP contribution in [0, 0.1) is 13.8 Å². The van der Waals surface area contributed by atoms with Crippen LogP contribution in [0.2, 0.25) is 0 Å². The van der Waals surface area contributed by atoms with E-state index in [0.717, 1.165) is 49.5 Å². The van der Waals surface area contributed by atoms with Crippen LogP contribution in [0.3, 0.4) is 0 Å². The summed E-state index contributed by atoms with van der Waals surface area (Å²) in [6.07, 6.45) is 1.46. The van der Waals surface area contributed by atoms with Gasteiger partial charge >= 0.3 is 0 Å². The van der Waals surface area contributed by atoms with Gasteiger partial charge in [0.1, 0.15) is 5.82 Å². The number of likely N-dealkylation sites (N-methyl/N-ethyl adjacent to an activating group) is 1. The summed E-state index contributed by atoms with van der Waals surface area (Å²) in [6.45, 7) is 11.3. The summed E-state index contributed by atoms with van der Waals surface area (Å²) in [5.74, 6) is 0.911. The average molecular weight is 358 g/mol. The first-order valence-electron chi connectivity index (χ1n) is 9.58. The largest absolute Gasteiger partial charge is 0.349 e. The number of H-pyrrole nitrogens is 1. The molecule has 1 fully saturated rings. The van der Waals surface area contributed by atoms with Gasteiger partial charge < -0.3 is 15.2 Å². The first-order valence-corrected chi connectivity index (χ1v) is 9.58. The highest BCUT2D eigenvalue weighted by Gasteiger charge is 2.19. The van der Waals surface area contributed by atoms with Crippen molar-refractivity contribution in [1.82, 2.24) is 25.1 Å². The summed E-state index contributed by atoms with van der Waals surface area (Å²) >= 11 is 0. The molecule has 2 heterocycles. The van der Waals surface area contributed by atoms with E-state index < -0.39 is 0 Å². The molecule has 1 aromatic heterocycles. The fourth-order valence-corrected chi connectivity index (χ4v) is 3.50. The van der Waals surface area contributed by atoms with Crippen LogP contribution in [-0.4, -0.2) is 64.9 Å². The molecule has 0 spiro atoms. The number of hydrogen-bond donors (Lipinski definition) is 2. The Bertz CT molecular complexity index is 761. The number of rotatable bonds is 6. The zero-order valence-electron chi connectivity index (χ0n) is 16.4. The fourth-order valence-electron chi connectivity index (χ4n) is 3.50. The van der Waals surface area contributed by atoms with Gasteiger partial charge in [0.15, 0.2) is 0 Å². The number of aryl methyl sites for hydroxylation is 2. The molecule has 1 aliphatic heterocycles. The zero-order valence-corrected chi connectivity index (χ0v) is 16.4. The number of piperazine rings is 1. The van der Waals surface area contributed by atoms with Gasteiger partial charge in [-0.3, -0.25) is 9.69 Å². The van der Waals surface area contributed by atoms with Crippen molar-refractivity contribution in [2.45, 2.75) is 46.2 Å². The van der Waals surface area contributed by atoms with Crippen molar-refractivity contribution in [2.24, 2.45) is 0 Å². The monoisotopic (exact) mass is 357 g/mol. The third-order valence-electron chi connectivity index (χ3n) is 5.63. The number of nitrogens with zero attached hydrogens (tertiary/aromatic N) is 3. The Morgan fingerprint density at radius 2 is 2.00 bits per heavy atom. The third kappa shape index (κ3) is 4.43. The van der Waals surface area contributed by atoms with Gasteiger partial charge in [0.25, 0.3) is 0 Å². The molecular formula is C20H31N5O. The maximum atomic E-state index is 12.2. The number of nitrogens with one attached hydrogen (secondary N) is 2. The van der Waals surface area contributed by atoms with Crippen molar-refractivity contribution < 1.29 is 4.79 Å². The lowest BCUT2D eigenvalue weighted by Crippen LogP contribution is -2.48. The normalized spacial score (nSPS) is 17.5. The van der Waals surface area contributed by atoms with Crippen molar-refractivity contribution in [1.29, 1.82) is 0 Å². The molecule has 6 heteroatoms. The lowest BCUT2D eigenvalue weighted by Gasteiger charge is -2.36. The lowest BCUT2D eigenvalue weighted by atomic mass is 10.1. The van der Waals surface area contributed by atoms with E-state index in [1.165, 1.54) is 11.1 Å². The molecule has 3 rings (SSSR count). The first kappa shape index (κ1) is 18.9. The van der Waals surface area contributed by atoms with Crippen LogP contribution in [0.5, 0.6) is 0 Å². The highest BCUT2D eigenvalue weighted by molar-refractivity contribution is 5.80. The molecule has 0 bridgehead atoms. The fraction of sp³-hybridized carbons (Fsp3) is 0.600. The van der Waals surface area contributed by atoms with Crippen molar-refractivity contribution in [3.63, 3.8) is 0 Å². The predicted octanol–water partition coefficient (Wildman–Crippen LogP) is 2.21. The molecule has 0 radical (unpaired) electrons. The first-order chi connectivity index (χ1) is 12.4. The number of benzene rings is 1. The summed E-state index contributed by atoms with van der Waals surface area (Å²) in [5.41, 5.74) is 4.45. The van der Waals surface area contributed by atoms with Crippen LogP contribution >= 0.6 is 0 Å². The van der Waals surface area contributed by atoms with Crippen molar-refractivity contribution >= 4 is 16.9 Å².